The molecule has 6 nitrogen and oxygen atoms in total. The Labute approximate surface area is 190 Å². The van der Waals surface area contributed by atoms with Gasteiger partial charge < -0.3 is 15.3 Å². The van der Waals surface area contributed by atoms with Gasteiger partial charge in [-0.05, 0) is 57.4 Å². The second kappa shape index (κ2) is 9.48. The maximum absolute atomic E-state index is 10.6. The lowest BCUT2D eigenvalue weighted by Crippen LogP contribution is -2.21. The van der Waals surface area contributed by atoms with Crippen LogP contribution in [0.1, 0.15) is 27.9 Å². The number of alkyl halides is 3. The molecule has 1 aliphatic rings. The Bertz CT molecular complexity index is 1140. The van der Waals surface area contributed by atoms with E-state index < -0.39 is 12.1 Å². The van der Waals surface area contributed by atoms with Crippen LogP contribution in [0.25, 0.3) is 0 Å². The van der Waals surface area contributed by atoms with Crippen molar-refractivity contribution < 1.29 is 23.1 Å². The van der Waals surface area contributed by atoms with Crippen LogP contribution in [0, 0.1) is 27.7 Å². The van der Waals surface area contributed by atoms with Crippen LogP contribution in [0.5, 0.6) is 0 Å². The topological polar surface area (TPSA) is 78.4 Å². The number of nitrogens with zero attached hydrogens (tertiary/aromatic N) is 3. The number of benzene rings is 2. The van der Waals surface area contributed by atoms with E-state index in [-0.39, 0.29) is 0 Å². The number of carboxylic acids is 1. The zero-order valence-electron chi connectivity index (χ0n) is 18.8. The predicted molar refractivity (Wildman–Crippen MR) is 122 cm³/mol. The van der Waals surface area contributed by atoms with Gasteiger partial charge in [-0.1, -0.05) is 35.9 Å². The van der Waals surface area contributed by atoms with E-state index in [2.05, 4.69) is 74.3 Å². The largest absolute Gasteiger partial charge is 0.490 e. The smallest absolute Gasteiger partial charge is 0.475 e. The van der Waals surface area contributed by atoms with Crippen LogP contribution in [0.15, 0.2) is 42.5 Å². The predicted octanol–water partition coefficient (Wildman–Crippen LogP) is 5.78. The Hall–Kier alpha value is -3.62. The summed E-state index contributed by atoms with van der Waals surface area (Å²) in [5.41, 5.74) is 8.27. The first kappa shape index (κ1) is 24.0. The highest BCUT2D eigenvalue weighted by Crippen LogP contribution is 2.35. The molecular formula is C24H25F3N4O2. The summed E-state index contributed by atoms with van der Waals surface area (Å²) in [4.78, 5) is 20.8. The van der Waals surface area contributed by atoms with Crippen molar-refractivity contribution in [2.75, 3.05) is 16.8 Å². The fraction of sp³-hybridized carbons (Fsp3) is 0.292. The number of para-hydroxylation sites is 1. The Morgan fingerprint density at radius 3 is 2.15 bits per heavy atom. The first-order valence-corrected chi connectivity index (χ1v) is 10.3. The van der Waals surface area contributed by atoms with Crippen LogP contribution < -0.4 is 10.2 Å². The molecule has 0 saturated carbocycles. The quantitative estimate of drug-likeness (QED) is 0.518. The van der Waals surface area contributed by atoms with Gasteiger partial charge in [-0.3, -0.25) is 0 Å². The monoisotopic (exact) mass is 458 g/mol. The molecule has 1 aliphatic heterocycles. The van der Waals surface area contributed by atoms with E-state index in [4.69, 9.17) is 19.9 Å². The molecule has 9 heteroatoms. The average Bonchev–Trinajstić information content (AvgIpc) is 3.15. The van der Waals surface area contributed by atoms with Gasteiger partial charge in [0.05, 0.1) is 0 Å². The van der Waals surface area contributed by atoms with E-state index in [1.807, 2.05) is 6.07 Å². The fourth-order valence-electron chi connectivity index (χ4n) is 3.83. The molecule has 3 aromatic rings. The van der Waals surface area contributed by atoms with Crippen molar-refractivity contribution >= 4 is 29.1 Å². The standard InChI is InChI=1S/C22H24N4.C2HF3O2/c1-14-12-15(2)20(16(3)13-14)24-22-23-17(4)19-10-11-26(21(19)25-22)18-8-6-5-7-9-18;3-2(4,5)1(6)7/h5-9,12-13H,10-11H2,1-4H3,(H,23,24,25);(H,6,7). The normalized spacial score (nSPS) is 12.6. The van der Waals surface area contributed by atoms with Gasteiger partial charge >= 0.3 is 12.1 Å². The number of hydrogen-bond acceptors (Lipinski definition) is 5. The summed E-state index contributed by atoms with van der Waals surface area (Å²) in [7, 11) is 0. The lowest BCUT2D eigenvalue weighted by molar-refractivity contribution is -0.192. The van der Waals surface area contributed by atoms with Gasteiger partial charge in [0.1, 0.15) is 5.82 Å². The van der Waals surface area contributed by atoms with E-state index in [1.165, 1.54) is 27.9 Å². The molecule has 2 heterocycles. The fourth-order valence-corrected chi connectivity index (χ4v) is 3.83. The average molecular weight is 458 g/mol. The number of aryl methyl sites for hydroxylation is 4. The van der Waals surface area contributed by atoms with Crippen molar-refractivity contribution in [3.63, 3.8) is 0 Å². The molecule has 0 spiro atoms. The van der Waals surface area contributed by atoms with E-state index in [9.17, 15) is 13.2 Å². The van der Waals surface area contributed by atoms with Gasteiger partial charge in [-0.25, -0.2) is 9.78 Å². The van der Waals surface area contributed by atoms with Gasteiger partial charge in [0.15, 0.2) is 0 Å². The minimum atomic E-state index is -5.08. The van der Waals surface area contributed by atoms with Gasteiger partial charge in [-0.2, -0.15) is 18.2 Å². The van der Waals surface area contributed by atoms with Crippen molar-refractivity contribution in [2.24, 2.45) is 0 Å². The van der Waals surface area contributed by atoms with Crippen molar-refractivity contribution in [1.82, 2.24) is 9.97 Å². The molecule has 2 N–H and O–H groups in total. The highest BCUT2D eigenvalue weighted by molar-refractivity contribution is 5.73. The molecule has 0 saturated heterocycles. The molecule has 2 aromatic carbocycles. The first-order valence-electron chi connectivity index (χ1n) is 10.3. The Balaban J connectivity index is 0.000000383. The van der Waals surface area contributed by atoms with E-state index >= 15 is 0 Å². The summed E-state index contributed by atoms with van der Waals surface area (Å²) in [5.74, 6) is -1.07. The number of anilines is 4. The maximum atomic E-state index is 10.6. The molecular weight excluding hydrogens is 433 g/mol. The third kappa shape index (κ3) is 5.60. The van der Waals surface area contributed by atoms with Crippen LogP contribution in [-0.4, -0.2) is 33.8 Å². The maximum Gasteiger partial charge on any atom is 0.490 e. The number of aromatic nitrogens is 2. The molecule has 0 bridgehead atoms. The molecule has 0 radical (unpaired) electrons. The number of carboxylic acid groups (broad SMARTS) is 1. The van der Waals surface area contributed by atoms with E-state index in [0.717, 1.165) is 30.2 Å². The van der Waals surface area contributed by atoms with Crippen molar-refractivity contribution in [2.45, 2.75) is 40.3 Å². The molecule has 0 fully saturated rings. The van der Waals surface area contributed by atoms with Crippen LogP contribution in [-0.2, 0) is 11.2 Å². The number of fused-ring (bicyclic) bond motifs is 1. The summed E-state index contributed by atoms with van der Waals surface area (Å²) < 4.78 is 31.7. The number of nitrogens with one attached hydrogen (secondary N) is 1. The van der Waals surface area contributed by atoms with Gasteiger partial charge in [-0.15, -0.1) is 0 Å². The molecule has 0 amide bonds. The molecule has 0 aliphatic carbocycles. The number of halogens is 3. The molecule has 0 unspecified atom stereocenters. The number of carbonyl (C=O) groups is 1. The number of aliphatic carboxylic acids is 1. The summed E-state index contributed by atoms with van der Waals surface area (Å²) >= 11 is 0. The summed E-state index contributed by atoms with van der Waals surface area (Å²) in [6.45, 7) is 9.39. The lowest BCUT2D eigenvalue weighted by atomic mass is 10.1. The first-order chi connectivity index (χ1) is 15.5. The second-order valence-corrected chi connectivity index (χ2v) is 7.87. The number of rotatable bonds is 3. The molecule has 33 heavy (non-hydrogen) atoms. The highest BCUT2D eigenvalue weighted by atomic mass is 19.4. The van der Waals surface area contributed by atoms with Gasteiger partial charge in [0.25, 0.3) is 0 Å². The molecule has 174 valence electrons. The lowest BCUT2D eigenvalue weighted by Gasteiger charge is -2.20. The minimum absolute atomic E-state index is 0.666. The Morgan fingerprint density at radius 1 is 1.03 bits per heavy atom. The van der Waals surface area contributed by atoms with E-state index in [1.54, 1.807) is 0 Å². The molecule has 4 rings (SSSR count). The van der Waals surface area contributed by atoms with Crippen molar-refractivity contribution in [3.8, 4) is 0 Å². The van der Waals surface area contributed by atoms with Gasteiger partial charge in [0, 0.05) is 29.2 Å². The summed E-state index contributed by atoms with van der Waals surface area (Å²) in [6, 6.07) is 14.8. The van der Waals surface area contributed by atoms with E-state index in [0.29, 0.717) is 5.95 Å². The Morgan fingerprint density at radius 2 is 1.61 bits per heavy atom. The third-order valence-corrected chi connectivity index (χ3v) is 5.26. The highest BCUT2D eigenvalue weighted by Gasteiger charge is 2.38. The SMILES string of the molecule is Cc1cc(C)c(Nc2nc(C)c3c(n2)N(c2ccccc2)CC3)c(C)c1.O=C(O)C(F)(F)F. The number of hydrogen-bond donors (Lipinski definition) is 2. The zero-order valence-corrected chi connectivity index (χ0v) is 18.8. The minimum Gasteiger partial charge on any atom is -0.475 e. The zero-order chi connectivity index (χ0) is 24.3. The summed E-state index contributed by atoms with van der Waals surface area (Å²) in [5, 5.41) is 10.6. The molecule has 1 aromatic heterocycles. The second-order valence-electron chi connectivity index (χ2n) is 7.87. The Kier molecular flexibility index (Phi) is 6.90. The van der Waals surface area contributed by atoms with Crippen LogP contribution in [0.3, 0.4) is 0 Å². The van der Waals surface area contributed by atoms with Crippen molar-refractivity contribution in [1.29, 1.82) is 0 Å². The van der Waals surface area contributed by atoms with Crippen LogP contribution in [0.2, 0.25) is 0 Å². The van der Waals surface area contributed by atoms with Crippen molar-refractivity contribution in [3.05, 3.63) is 70.4 Å². The molecule has 0 atom stereocenters. The third-order valence-electron chi connectivity index (χ3n) is 5.26. The summed E-state index contributed by atoms with van der Waals surface area (Å²) in [6.07, 6.45) is -4.10. The van der Waals surface area contributed by atoms with Crippen LogP contribution in [0.4, 0.5) is 36.3 Å². The van der Waals surface area contributed by atoms with Crippen LogP contribution >= 0.6 is 0 Å². The van der Waals surface area contributed by atoms with Gasteiger partial charge in [0.2, 0.25) is 5.95 Å².